The number of carbonyl (C=O) groups excluding carboxylic acids is 1. The summed E-state index contributed by atoms with van der Waals surface area (Å²) in [5, 5.41) is 9.29. The fourth-order valence-electron chi connectivity index (χ4n) is 5.49. The van der Waals surface area contributed by atoms with Crippen LogP contribution in [0.2, 0.25) is 0 Å². The number of fused-ring (bicyclic) bond motifs is 1. The normalized spacial score (nSPS) is 18.9. The molecular formula is C29H36F3N7O3. The Morgan fingerprint density at radius 3 is 2.50 bits per heavy atom. The number of ether oxygens (including phenoxy) is 2. The summed E-state index contributed by atoms with van der Waals surface area (Å²) in [5.41, 5.74) is 1.80. The van der Waals surface area contributed by atoms with Gasteiger partial charge >= 0.3 is 12.4 Å². The Bertz CT molecular complexity index is 1290. The number of aromatic nitrogens is 2. The molecular weight excluding hydrogens is 551 g/mol. The standard InChI is InChI=1S/C24H25F3N6O3.C5H11N/c1-3-21(34)33-13-12-32(14-16(33)8-10-28)22-17-9-11-31(15-18(17)29-23(30-22)35-2)19-6-4-5-7-20(19)36-24(25,26)27;1-6-4-2-3-5-6/h3-7,16H,1,8-9,11-15H2,2H3;2-5H2,1H3. The molecule has 2 aromatic rings. The van der Waals surface area contributed by atoms with Crippen LogP contribution in [0.25, 0.3) is 0 Å². The van der Waals surface area contributed by atoms with Crippen LogP contribution in [-0.2, 0) is 17.8 Å². The van der Waals surface area contributed by atoms with Crippen molar-refractivity contribution in [2.24, 2.45) is 0 Å². The highest BCUT2D eigenvalue weighted by molar-refractivity contribution is 5.87. The Labute approximate surface area is 243 Å². The van der Waals surface area contributed by atoms with Crippen molar-refractivity contribution in [2.45, 2.75) is 44.6 Å². The first-order valence-electron chi connectivity index (χ1n) is 13.9. The summed E-state index contributed by atoms with van der Waals surface area (Å²) >= 11 is 0. The molecule has 0 aliphatic carbocycles. The maximum atomic E-state index is 12.9. The minimum absolute atomic E-state index is 0.131. The molecule has 3 aliphatic rings. The van der Waals surface area contributed by atoms with E-state index in [0.717, 1.165) is 5.56 Å². The topological polar surface area (TPSA) is 98.1 Å². The van der Waals surface area contributed by atoms with Gasteiger partial charge in [-0.05, 0) is 57.6 Å². The molecule has 0 spiro atoms. The lowest BCUT2D eigenvalue weighted by atomic mass is 10.0. The lowest BCUT2D eigenvalue weighted by Crippen LogP contribution is -2.55. The molecule has 42 heavy (non-hydrogen) atoms. The fourth-order valence-corrected chi connectivity index (χ4v) is 5.49. The Balaban J connectivity index is 0.000000600. The third-order valence-electron chi connectivity index (χ3n) is 7.53. The maximum Gasteiger partial charge on any atom is 0.573 e. The van der Waals surface area contributed by atoms with E-state index in [1.165, 1.54) is 51.2 Å². The molecule has 5 rings (SSSR count). The number of alkyl halides is 3. The highest BCUT2D eigenvalue weighted by Crippen LogP contribution is 2.37. The zero-order valence-corrected chi connectivity index (χ0v) is 23.9. The van der Waals surface area contributed by atoms with Gasteiger partial charge in [0.25, 0.3) is 0 Å². The number of piperazine rings is 1. The SMILES string of the molecule is C=CC(=O)N1CCN(c2nc(OC)nc3c2CCN(c2ccccc2OC(F)(F)F)C3)CC1CC#N.CN1CCCC1. The van der Waals surface area contributed by atoms with Crippen molar-refractivity contribution < 1.29 is 27.4 Å². The van der Waals surface area contributed by atoms with Gasteiger partial charge in [0.1, 0.15) is 5.82 Å². The average Bonchev–Trinajstić information content (AvgIpc) is 3.46. The van der Waals surface area contributed by atoms with Gasteiger partial charge in [-0.25, -0.2) is 0 Å². The maximum absolute atomic E-state index is 12.9. The van der Waals surface area contributed by atoms with E-state index in [9.17, 15) is 23.2 Å². The summed E-state index contributed by atoms with van der Waals surface area (Å²) in [7, 11) is 3.62. The van der Waals surface area contributed by atoms with E-state index >= 15 is 0 Å². The number of hydrogen-bond donors (Lipinski definition) is 0. The van der Waals surface area contributed by atoms with Crippen molar-refractivity contribution in [3.8, 4) is 17.8 Å². The zero-order valence-electron chi connectivity index (χ0n) is 23.9. The summed E-state index contributed by atoms with van der Waals surface area (Å²) in [6.45, 7) is 8.11. The summed E-state index contributed by atoms with van der Waals surface area (Å²) in [6.07, 6.45) is -0.108. The number of anilines is 2. The number of halogens is 3. The van der Waals surface area contributed by atoms with Crippen molar-refractivity contribution in [1.29, 1.82) is 5.26 Å². The van der Waals surface area contributed by atoms with Gasteiger partial charge in [-0.1, -0.05) is 18.7 Å². The second kappa shape index (κ2) is 13.7. The number of amides is 1. The number of methoxy groups -OCH3 is 1. The van der Waals surface area contributed by atoms with E-state index in [4.69, 9.17) is 4.74 Å². The number of rotatable bonds is 6. The van der Waals surface area contributed by atoms with Gasteiger partial charge in [-0.3, -0.25) is 4.79 Å². The van der Waals surface area contributed by atoms with E-state index in [0.29, 0.717) is 49.8 Å². The van der Waals surface area contributed by atoms with E-state index in [-0.39, 0.29) is 36.7 Å². The lowest BCUT2D eigenvalue weighted by Gasteiger charge is -2.42. The van der Waals surface area contributed by atoms with Crippen molar-refractivity contribution >= 4 is 17.4 Å². The van der Waals surface area contributed by atoms with Crippen LogP contribution in [0.15, 0.2) is 36.9 Å². The first-order chi connectivity index (χ1) is 20.1. The van der Waals surface area contributed by atoms with Crippen molar-refractivity contribution in [2.75, 3.05) is 63.2 Å². The molecule has 2 fully saturated rings. The van der Waals surface area contributed by atoms with Crippen LogP contribution in [0.4, 0.5) is 24.7 Å². The summed E-state index contributed by atoms with van der Waals surface area (Å²) in [5.74, 6) is 0.134. The molecule has 13 heteroatoms. The number of para-hydroxylation sites is 2. The molecule has 1 aromatic carbocycles. The van der Waals surface area contributed by atoms with Crippen LogP contribution in [-0.4, -0.2) is 91.5 Å². The molecule has 1 aromatic heterocycles. The molecule has 3 aliphatic heterocycles. The van der Waals surface area contributed by atoms with Gasteiger partial charge in [0.15, 0.2) is 5.75 Å². The molecule has 1 atom stereocenters. The Kier molecular flexibility index (Phi) is 10.1. The number of nitriles is 1. The van der Waals surface area contributed by atoms with Gasteiger partial charge in [-0.15, -0.1) is 13.2 Å². The second-order valence-electron chi connectivity index (χ2n) is 10.4. The van der Waals surface area contributed by atoms with Crippen LogP contribution >= 0.6 is 0 Å². The number of carbonyl (C=O) groups is 1. The number of hydrogen-bond acceptors (Lipinski definition) is 9. The van der Waals surface area contributed by atoms with Crippen LogP contribution in [0, 0.1) is 11.3 Å². The van der Waals surface area contributed by atoms with Crippen LogP contribution < -0.4 is 19.3 Å². The average molecular weight is 588 g/mol. The predicted molar refractivity (Wildman–Crippen MR) is 151 cm³/mol. The third-order valence-corrected chi connectivity index (χ3v) is 7.53. The Morgan fingerprint density at radius 2 is 1.88 bits per heavy atom. The van der Waals surface area contributed by atoms with Gasteiger partial charge in [-0.2, -0.15) is 15.2 Å². The predicted octanol–water partition coefficient (Wildman–Crippen LogP) is 3.78. The number of nitrogens with zero attached hydrogens (tertiary/aromatic N) is 7. The number of likely N-dealkylation sites (tertiary alicyclic amines) is 1. The van der Waals surface area contributed by atoms with Crippen LogP contribution in [0.1, 0.15) is 30.5 Å². The summed E-state index contributed by atoms with van der Waals surface area (Å²) in [4.78, 5) is 29.1. The zero-order chi connectivity index (χ0) is 30.3. The van der Waals surface area contributed by atoms with Crippen molar-refractivity contribution in [1.82, 2.24) is 19.8 Å². The van der Waals surface area contributed by atoms with Gasteiger partial charge < -0.3 is 29.1 Å². The quantitative estimate of drug-likeness (QED) is 0.468. The van der Waals surface area contributed by atoms with E-state index in [1.807, 2.05) is 4.90 Å². The van der Waals surface area contributed by atoms with E-state index in [2.05, 4.69) is 39.3 Å². The molecule has 10 nitrogen and oxygen atoms in total. The molecule has 2 saturated heterocycles. The van der Waals surface area contributed by atoms with Crippen molar-refractivity contribution in [3.63, 3.8) is 0 Å². The highest BCUT2D eigenvalue weighted by atomic mass is 19.4. The minimum atomic E-state index is -4.81. The molecule has 0 bridgehead atoms. The van der Waals surface area contributed by atoms with E-state index < -0.39 is 6.36 Å². The van der Waals surface area contributed by atoms with Crippen LogP contribution in [0.5, 0.6) is 11.8 Å². The first kappa shape index (κ1) is 30.9. The minimum Gasteiger partial charge on any atom is -0.467 e. The molecule has 1 unspecified atom stereocenters. The molecule has 1 amide bonds. The highest BCUT2D eigenvalue weighted by Gasteiger charge is 2.35. The van der Waals surface area contributed by atoms with E-state index in [1.54, 1.807) is 21.9 Å². The van der Waals surface area contributed by atoms with Gasteiger partial charge in [0.05, 0.1) is 43.6 Å². The Morgan fingerprint density at radius 1 is 1.14 bits per heavy atom. The second-order valence-corrected chi connectivity index (χ2v) is 10.4. The summed E-state index contributed by atoms with van der Waals surface area (Å²) in [6, 6.07) is 7.93. The largest absolute Gasteiger partial charge is 0.573 e. The molecule has 0 saturated carbocycles. The van der Waals surface area contributed by atoms with Crippen LogP contribution in [0.3, 0.4) is 0 Å². The first-order valence-corrected chi connectivity index (χ1v) is 13.9. The number of benzene rings is 1. The Hall–Kier alpha value is -4.05. The fraction of sp³-hybridized carbons (Fsp3) is 0.517. The molecule has 0 N–H and O–H groups in total. The third kappa shape index (κ3) is 7.61. The van der Waals surface area contributed by atoms with Gasteiger partial charge in [0.2, 0.25) is 5.91 Å². The van der Waals surface area contributed by atoms with Crippen molar-refractivity contribution in [3.05, 3.63) is 48.2 Å². The molecule has 4 heterocycles. The van der Waals surface area contributed by atoms with Gasteiger partial charge in [0, 0.05) is 31.7 Å². The monoisotopic (exact) mass is 587 g/mol. The lowest BCUT2D eigenvalue weighted by molar-refractivity contribution is -0.274. The molecule has 0 radical (unpaired) electrons. The smallest absolute Gasteiger partial charge is 0.467 e. The molecule has 226 valence electrons. The summed E-state index contributed by atoms with van der Waals surface area (Å²) < 4.78 is 48.4.